The lowest BCUT2D eigenvalue weighted by molar-refractivity contribution is 0.101. The van der Waals surface area contributed by atoms with Crippen LogP contribution in [0, 0.1) is 0 Å². The summed E-state index contributed by atoms with van der Waals surface area (Å²) in [5, 5.41) is 1.13. The van der Waals surface area contributed by atoms with E-state index in [0.717, 1.165) is 17.4 Å². The number of Topliss-reactive ketones (excluding diaryl/α,β-unsaturated/α-hetero) is 1. The Morgan fingerprint density at radius 3 is 2.57 bits per heavy atom. The topological polar surface area (TPSA) is 22.0 Å². The van der Waals surface area contributed by atoms with Crippen LogP contribution in [-0.2, 0) is 0 Å². The first kappa shape index (κ1) is 15.5. The van der Waals surface area contributed by atoms with Crippen molar-refractivity contribution in [2.75, 3.05) is 0 Å². The van der Waals surface area contributed by atoms with Gasteiger partial charge >= 0.3 is 0 Å². The zero-order chi connectivity index (χ0) is 16.2. The maximum Gasteiger partial charge on any atom is 0.159 e. The maximum absolute atomic E-state index is 11.6. The molecule has 0 aliphatic heterocycles. The van der Waals surface area contributed by atoms with Crippen molar-refractivity contribution in [3.8, 4) is 0 Å². The summed E-state index contributed by atoms with van der Waals surface area (Å²) < 4.78 is 2.35. The lowest BCUT2D eigenvalue weighted by Crippen LogP contribution is -2.09. The summed E-state index contributed by atoms with van der Waals surface area (Å²) in [6, 6.07) is 19.1. The molecular weight excluding hydrogens is 282 g/mol. The number of unbranched alkanes of at least 4 members (excludes halogenated alkanes) is 1. The number of benzene rings is 2. The van der Waals surface area contributed by atoms with E-state index in [-0.39, 0.29) is 5.78 Å². The summed E-state index contributed by atoms with van der Waals surface area (Å²) in [5.41, 5.74) is 3.31. The predicted molar refractivity (Wildman–Crippen MR) is 96.0 cm³/mol. The Morgan fingerprint density at radius 2 is 1.87 bits per heavy atom. The first-order valence-corrected chi connectivity index (χ1v) is 8.37. The number of rotatable bonds is 6. The van der Waals surface area contributed by atoms with Crippen LogP contribution in [0.25, 0.3) is 10.9 Å². The molecule has 0 radical (unpaired) electrons. The molecule has 0 aliphatic rings. The zero-order valence-electron chi connectivity index (χ0n) is 13.8. The Hall–Kier alpha value is -2.35. The molecule has 0 bridgehead atoms. The smallest absolute Gasteiger partial charge is 0.159 e. The molecule has 0 aliphatic carbocycles. The molecule has 2 nitrogen and oxygen atoms in total. The van der Waals surface area contributed by atoms with Gasteiger partial charge in [-0.3, -0.25) is 4.79 Å². The highest BCUT2D eigenvalue weighted by molar-refractivity contribution is 5.98. The number of aromatic nitrogens is 1. The minimum atomic E-state index is 0.116. The Balaban J connectivity index is 2.05. The van der Waals surface area contributed by atoms with Crippen LogP contribution in [0.1, 0.15) is 55.1 Å². The van der Waals surface area contributed by atoms with Gasteiger partial charge in [0, 0.05) is 22.7 Å². The van der Waals surface area contributed by atoms with Gasteiger partial charge in [0.1, 0.15) is 0 Å². The van der Waals surface area contributed by atoms with E-state index in [2.05, 4.69) is 60.2 Å². The first-order chi connectivity index (χ1) is 11.2. The summed E-state index contributed by atoms with van der Waals surface area (Å²) in [7, 11) is 0. The number of hydrogen-bond acceptors (Lipinski definition) is 1. The second-order valence-corrected chi connectivity index (χ2v) is 6.12. The molecule has 23 heavy (non-hydrogen) atoms. The molecule has 3 aromatic rings. The Bertz CT molecular complexity index is 801. The fourth-order valence-corrected chi connectivity index (χ4v) is 3.19. The Morgan fingerprint density at radius 1 is 1.09 bits per heavy atom. The van der Waals surface area contributed by atoms with Crippen LogP contribution in [0.4, 0.5) is 0 Å². The maximum atomic E-state index is 11.6. The summed E-state index contributed by atoms with van der Waals surface area (Å²) in [4.78, 5) is 11.6. The quantitative estimate of drug-likeness (QED) is 0.541. The number of fused-ring (bicyclic) bond motifs is 1. The molecule has 0 fully saturated rings. The molecule has 118 valence electrons. The van der Waals surface area contributed by atoms with E-state index in [0.29, 0.717) is 6.04 Å². The minimum absolute atomic E-state index is 0.116. The van der Waals surface area contributed by atoms with Crippen LogP contribution in [0.2, 0.25) is 0 Å². The highest BCUT2D eigenvalue weighted by Gasteiger charge is 2.15. The molecule has 1 heterocycles. The Kier molecular flexibility index (Phi) is 4.61. The molecule has 1 aromatic heterocycles. The Labute approximate surface area is 137 Å². The molecule has 0 amide bonds. The molecule has 0 N–H and O–H groups in total. The number of carbonyl (C=O) groups is 1. The number of hydrogen-bond donors (Lipinski definition) is 0. The molecule has 0 spiro atoms. The van der Waals surface area contributed by atoms with Gasteiger partial charge in [0.05, 0.1) is 6.04 Å². The first-order valence-electron chi connectivity index (χ1n) is 8.37. The third-order valence-corrected chi connectivity index (χ3v) is 4.48. The monoisotopic (exact) mass is 305 g/mol. The van der Waals surface area contributed by atoms with Crippen molar-refractivity contribution in [3.05, 3.63) is 71.9 Å². The van der Waals surface area contributed by atoms with Crippen LogP contribution in [0.3, 0.4) is 0 Å². The molecular formula is C21H23NO. The van der Waals surface area contributed by atoms with Crippen molar-refractivity contribution < 1.29 is 4.79 Å². The SMILES string of the molecule is CCCCC(c1ccccc1)n1ccc2cc(C(C)=O)ccc21. The van der Waals surface area contributed by atoms with E-state index in [1.807, 2.05) is 12.1 Å². The van der Waals surface area contributed by atoms with E-state index in [1.54, 1.807) is 6.92 Å². The predicted octanol–water partition coefficient (Wildman–Crippen LogP) is 5.62. The summed E-state index contributed by atoms with van der Waals surface area (Å²) in [6.45, 7) is 3.85. The molecule has 1 unspecified atom stereocenters. The van der Waals surface area contributed by atoms with Gasteiger partial charge in [-0.1, -0.05) is 50.1 Å². The van der Waals surface area contributed by atoms with Gasteiger partial charge in [0.15, 0.2) is 5.78 Å². The van der Waals surface area contributed by atoms with E-state index in [1.165, 1.54) is 23.9 Å². The minimum Gasteiger partial charge on any atom is -0.340 e. The van der Waals surface area contributed by atoms with E-state index >= 15 is 0 Å². The molecule has 0 saturated carbocycles. The average Bonchev–Trinajstić information content (AvgIpc) is 2.99. The zero-order valence-corrected chi connectivity index (χ0v) is 13.8. The van der Waals surface area contributed by atoms with Crippen molar-refractivity contribution in [3.63, 3.8) is 0 Å². The van der Waals surface area contributed by atoms with Crippen molar-refractivity contribution in [1.29, 1.82) is 0 Å². The van der Waals surface area contributed by atoms with E-state index < -0.39 is 0 Å². The van der Waals surface area contributed by atoms with Crippen LogP contribution < -0.4 is 0 Å². The van der Waals surface area contributed by atoms with Crippen molar-refractivity contribution in [2.24, 2.45) is 0 Å². The van der Waals surface area contributed by atoms with Crippen LogP contribution in [0.5, 0.6) is 0 Å². The third-order valence-electron chi connectivity index (χ3n) is 4.48. The second kappa shape index (κ2) is 6.82. The summed E-state index contributed by atoms with van der Waals surface area (Å²) in [6.07, 6.45) is 5.67. The highest BCUT2D eigenvalue weighted by atomic mass is 16.1. The second-order valence-electron chi connectivity index (χ2n) is 6.12. The van der Waals surface area contributed by atoms with Gasteiger partial charge in [-0.15, -0.1) is 0 Å². The average molecular weight is 305 g/mol. The number of carbonyl (C=O) groups excluding carboxylic acids is 1. The largest absolute Gasteiger partial charge is 0.340 e. The van der Waals surface area contributed by atoms with Crippen molar-refractivity contribution in [1.82, 2.24) is 4.57 Å². The van der Waals surface area contributed by atoms with Gasteiger partial charge in [-0.05, 0) is 43.2 Å². The highest BCUT2D eigenvalue weighted by Crippen LogP contribution is 2.29. The van der Waals surface area contributed by atoms with E-state index in [4.69, 9.17) is 0 Å². The van der Waals surface area contributed by atoms with Crippen molar-refractivity contribution >= 4 is 16.7 Å². The molecule has 0 saturated heterocycles. The van der Waals surface area contributed by atoms with Gasteiger partial charge in [0.2, 0.25) is 0 Å². The van der Waals surface area contributed by atoms with Gasteiger partial charge in [0.25, 0.3) is 0 Å². The standard InChI is InChI=1S/C21H23NO/c1-3-4-10-20(17-8-6-5-7-9-17)22-14-13-19-15-18(16(2)23)11-12-21(19)22/h5-9,11-15,20H,3-4,10H2,1-2H3. The fourth-order valence-electron chi connectivity index (χ4n) is 3.19. The summed E-state index contributed by atoms with van der Waals surface area (Å²) in [5.74, 6) is 0.116. The lowest BCUT2D eigenvalue weighted by atomic mass is 10.0. The molecule has 2 aromatic carbocycles. The lowest BCUT2D eigenvalue weighted by Gasteiger charge is -2.21. The molecule has 3 rings (SSSR count). The summed E-state index contributed by atoms with van der Waals surface area (Å²) >= 11 is 0. The van der Waals surface area contributed by atoms with Gasteiger partial charge < -0.3 is 4.57 Å². The number of nitrogens with zero attached hydrogens (tertiary/aromatic N) is 1. The molecule has 2 heteroatoms. The fraction of sp³-hybridized carbons (Fsp3) is 0.286. The van der Waals surface area contributed by atoms with Gasteiger partial charge in [-0.2, -0.15) is 0 Å². The van der Waals surface area contributed by atoms with Crippen LogP contribution in [0.15, 0.2) is 60.8 Å². The van der Waals surface area contributed by atoms with Crippen LogP contribution in [-0.4, -0.2) is 10.4 Å². The van der Waals surface area contributed by atoms with Crippen molar-refractivity contribution in [2.45, 2.75) is 39.2 Å². The van der Waals surface area contributed by atoms with E-state index in [9.17, 15) is 4.79 Å². The third kappa shape index (κ3) is 3.21. The van der Waals surface area contributed by atoms with Gasteiger partial charge in [-0.25, -0.2) is 0 Å². The van der Waals surface area contributed by atoms with Crippen LogP contribution >= 0.6 is 0 Å². The number of ketones is 1. The normalized spacial score (nSPS) is 12.4. The molecule has 1 atom stereocenters.